The SMILES string of the molecule is CC(C)CNC(=O)C1CCN(c2ccc(F)cc2)C1=O. The summed E-state index contributed by atoms with van der Waals surface area (Å²) < 4.78 is 12.9. The Hall–Kier alpha value is -1.91. The quantitative estimate of drug-likeness (QED) is 0.856. The average Bonchev–Trinajstić information content (AvgIpc) is 2.79. The number of anilines is 1. The standard InChI is InChI=1S/C15H19FN2O2/c1-10(2)9-17-14(19)13-7-8-18(15(13)20)12-5-3-11(16)4-6-12/h3-6,10,13H,7-9H2,1-2H3,(H,17,19). The van der Waals surface area contributed by atoms with Gasteiger partial charge in [0.05, 0.1) is 0 Å². The van der Waals surface area contributed by atoms with Crippen LogP contribution in [0, 0.1) is 17.7 Å². The van der Waals surface area contributed by atoms with E-state index in [4.69, 9.17) is 0 Å². The summed E-state index contributed by atoms with van der Waals surface area (Å²) in [5, 5.41) is 2.79. The molecular weight excluding hydrogens is 259 g/mol. The van der Waals surface area contributed by atoms with Crippen molar-refractivity contribution in [1.82, 2.24) is 5.32 Å². The molecule has 0 bridgehead atoms. The first-order valence-corrected chi connectivity index (χ1v) is 6.83. The summed E-state index contributed by atoms with van der Waals surface area (Å²) in [5.41, 5.74) is 0.635. The zero-order chi connectivity index (χ0) is 14.7. The van der Waals surface area contributed by atoms with Gasteiger partial charge in [0.1, 0.15) is 11.7 Å². The van der Waals surface area contributed by atoms with Crippen LogP contribution in [0.4, 0.5) is 10.1 Å². The molecule has 1 N–H and O–H groups in total. The molecule has 1 aliphatic heterocycles. The summed E-state index contributed by atoms with van der Waals surface area (Å²) in [5.74, 6) is -1.04. The highest BCUT2D eigenvalue weighted by Gasteiger charge is 2.37. The van der Waals surface area contributed by atoms with E-state index in [-0.39, 0.29) is 17.6 Å². The third-order valence-electron chi connectivity index (χ3n) is 3.34. The highest BCUT2D eigenvalue weighted by atomic mass is 19.1. The summed E-state index contributed by atoms with van der Waals surface area (Å²) in [6.07, 6.45) is 0.500. The largest absolute Gasteiger partial charge is 0.355 e. The van der Waals surface area contributed by atoms with Gasteiger partial charge in [0.2, 0.25) is 11.8 Å². The van der Waals surface area contributed by atoms with Gasteiger partial charge >= 0.3 is 0 Å². The average molecular weight is 278 g/mol. The molecule has 5 heteroatoms. The van der Waals surface area contributed by atoms with Crippen LogP contribution in [0.5, 0.6) is 0 Å². The lowest BCUT2D eigenvalue weighted by atomic mass is 10.1. The summed E-state index contributed by atoms with van der Waals surface area (Å²) in [6, 6.07) is 5.74. The van der Waals surface area contributed by atoms with Crippen molar-refractivity contribution in [1.29, 1.82) is 0 Å². The Balaban J connectivity index is 2.02. The topological polar surface area (TPSA) is 49.4 Å². The first-order valence-electron chi connectivity index (χ1n) is 6.83. The third-order valence-corrected chi connectivity index (χ3v) is 3.34. The maximum absolute atomic E-state index is 12.9. The molecule has 1 aromatic rings. The van der Waals surface area contributed by atoms with Crippen LogP contribution in [0.1, 0.15) is 20.3 Å². The third kappa shape index (κ3) is 3.15. The fourth-order valence-corrected chi connectivity index (χ4v) is 2.23. The minimum absolute atomic E-state index is 0.210. The van der Waals surface area contributed by atoms with Crippen molar-refractivity contribution >= 4 is 17.5 Å². The van der Waals surface area contributed by atoms with E-state index in [2.05, 4.69) is 5.32 Å². The highest BCUT2D eigenvalue weighted by Crippen LogP contribution is 2.25. The Morgan fingerprint density at radius 1 is 1.40 bits per heavy atom. The van der Waals surface area contributed by atoms with E-state index >= 15 is 0 Å². The summed E-state index contributed by atoms with van der Waals surface area (Å²) in [6.45, 7) is 5.06. The van der Waals surface area contributed by atoms with Gasteiger partial charge in [-0.2, -0.15) is 0 Å². The second-order valence-electron chi connectivity index (χ2n) is 5.45. The Bertz CT molecular complexity index is 499. The summed E-state index contributed by atoms with van der Waals surface area (Å²) in [7, 11) is 0. The second kappa shape index (κ2) is 6.03. The molecule has 1 unspecified atom stereocenters. The number of rotatable bonds is 4. The Morgan fingerprint density at radius 3 is 2.65 bits per heavy atom. The number of carbonyl (C=O) groups is 2. The molecule has 108 valence electrons. The summed E-state index contributed by atoms with van der Waals surface area (Å²) >= 11 is 0. The molecular formula is C15H19FN2O2. The summed E-state index contributed by atoms with van der Waals surface area (Å²) in [4.78, 5) is 25.8. The van der Waals surface area contributed by atoms with Crippen molar-refractivity contribution < 1.29 is 14.0 Å². The van der Waals surface area contributed by atoms with Gasteiger partial charge in [0.15, 0.2) is 0 Å². The van der Waals surface area contributed by atoms with Crippen molar-refractivity contribution in [2.75, 3.05) is 18.0 Å². The number of hydrogen-bond donors (Lipinski definition) is 1. The molecule has 1 atom stereocenters. The van der Waals surface area contributed by atoms with Gasteiger partial charge in [0, 0.05) is 18.8 Å². The van der Waals surface area contributed by atoms with Crippen molar-refractivity contribution in [2.45, 2.75) is 20.3 Å². The molecule has 2 amide bonds. The first-order chi connectivity index (χ1) is 9.49. The smallest absolute Gasteiger partial charge is 0.239 e. The molecule has 2 rings (SSSR count). The van der Waals surface area contributed by atoms with Crippen LogP contribution in [0.2, 0.25) is 0 Å². The van der Waals surface area contributed by atoms with Gasteiger partial charge in [-0.25, -0.2) is 4.39 Å². The number of carbonyl (C=O) groups excluding carboxylic acids is 2. The fraction of sp³-hybridized carbons (Fsp3) is 0.467. The van der Waals surface area contributed by atoms with Crippen molar-refractivity contribution in [3.63, 3.8) is 0 Å². The number of benzene rings is 1. The Morgan fingerprint density at radius 2 is 2.05 bits per heavy atom. The van der Waals surface area contributed by atoms with E-state index in [0.717, 1.165) is 0 Å². The van der Waals surface area contributed by atoms with Crippen LogP contribution in [-0.4, -0.2) is 24.9 Å². The second-order valence-corrected chi connectivity index (χ2v) is 5.45. The lowest BCUT2D eigenvalue weighted by Crippen LogP contribution is -2.38. The molecule has 4 nitrogen and oxygen atoms in total. The normalized spacial score (nSPS) is 18.7. The Labute approximate surface area is 118 Å². The van der Waals surface area contributed by atoms with E-state index in [1.165, 1.54) is 12.1 Å². The van der Waals surface area contributed by atoms with Gasteiger partial charge in [-0.3, -0.25) is 9.59 Å². The van der Waals surface area contributed by atoms with Crippen LogP contribution in [0.25, 0.3) is 0 Å². The van der Waals surface area contributed by atoms with Crippen LogP contribution < -0.4 is 10.2 Å². The molecule has 1 saturated heterocycles. The number of nitrogens with zero attached hydrogens (tertiary/aromatic N) is 1. The van der Waals surface area contributed by atoms with Gasteiger partial charge in [-0.05, 0) is 36.6 Å². The van der Waals surface area contributed by atoms with Crippen LogP contribution in [0.3, 0.4) is 0 Å². The monoisotopic (exact) mass is 278 g/mol. The van der Waals surface area contributed by atoms with Gasteiger partial charge in [0.25, 0.3) is 0 Å². The maximum Gasteiger partial charge on any atom is 0.239 e. The molecule has 1 aromatic carbocycles. The van der Waals surface area contributed by atoms with Gasteiger partial charge in [-0.1, -0.05) is 13.8 Å². The zero-order valence-corrected chi connectivity index (χ0v) is 11.7. The molecule has 1 heterocycles. The molecule has 1 aliphatic rings. The number of halogens is 1. The molecule has 0 aliphatic carbocycles. The molecule has 0 saturated carbocycles. The predicted octanol–water partition coefficient (Wildman–Crippen LogP) is 1.95. The highest BCUT2D eigenvalue weighted by molar-refractivity contribution is 6.09. The molecule has 1 fully saturated rings. The molecule has 20 heavy (non-hydrogen) atoms. The van der Waals surface area contributed by atoms with Gasteiger partial charge in [-0.15, -0.1) is 0 Å². The number of nitrogens with one attached hydrogen (secondary N) is 1. The van der Waals surface area contributed by atoms with E-state index < -0.39 is 5.92 Å². The van der Waals surface area contributed by atoms with E-state index in [1.807, 2.05) is 13.8 Å². The van der Waals surface area contributed by atoms with E-state index in [9.17, 15) is 14.0 Å². The first kappa shape index (κ1) is 14.5. The minimum atomic E-state index is -0.626. The molecule has 0 aromatic heterocycles. The van der Waals surface area contributed by atoms with E-state index in [0.29, 0.717) is 31.1 Å². The van der Waals surface area contributed by atoms with E-state index in [1.54, 1.807) is 17.0 Å². The van der Waals surface area contributed by atoms with Crippen LogP contribution in [0.15, 0.2) is 24.3 Å². The number of amides is 2. The molecule has 0 spiro atoms. The maximum atomic E-state index is 12.9. The molecule has 0 radical (unpaired) electrons. The van der Waals surface area contributed by atoms with Gasteiger partial charge < -0.3 is 10.2 Å². The van der Waals surface area contributed by atoms with Crippen molar-refractivity contribution in [2.24, 2.45) is 11.8 Å². The minimum Gasteiger partial charge on any atom is -0.355 e. The lowest BCUT2D eigenvalue weighted by molar-refractivity contribution is -0.132. The van der Waals surface area contributed by atoms with Crippen LogP contribution in [-0.2, 0) is 9.59 Å². The Kier molecular flexibility index (Phi) is 4.37. The fourth-order valence-electron chi connectivity index (χ4n) is 2.23. The van der Waals surface area contributed by atoms with Crippen LogP contribution >= 0.6 is 0 Å². The van der Waals surface area contributed by atoms with Crippen molar-refractivity contribution in [3.8, 4) is 0 Å². The lowest BCUT2D eigenvalue weighted by Gasteiger charge is -2.17. The zero-order valence-electron chi connectivity index (χ0n) is 11.7. The van der Waals surface area contributed by atoms with Crippen molar-refractivity contribution in [3.05, 3.63) is 30.1 Å². The number of hydrogen-bond acceptors (Lipinski definition) is 2. The predicted molar refractivity (Wildman–Crippen MR) is 74.7 cm³/mol.